The van der Waals surface area contributed by atoms with Crippen molar-refractivity contribution >= 4 is 16.8 Å². The topological polar surface area (TPSA) is 53.9 Å². The number of likely N-dealkylation sites (tertiary alicyclic amines) is 1. The van der Waals surface area contributed by atoms with E-state index in [4.69, 9.17) is 0 Å². The van der Waals surface area contributed by atoms with Crippen LogP contribution in [0, 0.1) is 26.7 Å². The molecular weight excluding hydrogens is 324 g/mol. The highest BCUT2D eigenvalue weighted by molar-refractivity contribution is 6.01. The van der Waals surface area contributed by atoms with Crippen LogP contribution in [-0.4, -0.2) is 38.4 Å². The van der Waals surface area contributed by atoms with Gasteiger partial charge in [0.1, 0.15) is 5.69 Å². The van der Waals surface area contributed by atoms with Gasteiger partial charge >= 0.3 is 0 Å². The maximum absolute atomic E-state index is 13.2. The van der Waals surface area contributed by atoms with Crippen LogP contribution in [-0.2, 0) is 6.54 Å². The summed E-state index contributed by atoms with van der Waals surface area (Å²) in [6.07, 6.45) is 7.87. The van der Waals surface area contributed by atoms with Crippen molar-refractivity contribution in [3.63, 3.8) is 0 Å². The van der Waals surface area contributed by atoms with Gasteiger partial charge in [0.2, 0.25) is 0 Å². The van der Waals surface area contributed by atoms with Crippen LogP contribution in [0.3, 0.4) is 0 Å². The molecule has 0 aliphatic carbocycles. The van der Waals surface area contributed by atoms with Crippen LogP contribution in [0.5, 0.6) is 0 Å². The molecular formula is C21H26N4O. The number of carbonyl (C=O) groups excluding carboxylic acids is 1. The predicted molar refractivity (Wildman–Crippen MR) is 103 cm³/mol. The third-order valence-electron chi connectivity index (χ3n) is 5.56. The quantitative estimate of drug-likeness (QED) is 0.780. The van der Waals surface area contributed by atoms with Crippen molar-refractivity contribution in [3.8, 4) is 0 Å². The summed E-state index contributed by atoms with van der Waals surface area (Å²) < 4.78 is 2.11. The lowest BCUT2D eigenvalue weighted by atomic mass is 9.97. The lowest BCUT2D eigenvalue weighted by molar-refractivity contribution is 0.0656. The molecule has 0 spiro atoms. The van der Waals surface area contributed by atoms with Crippen LogP contribution in [0.4, 0.5) is 0 Å². The van der Waals surface area contributed by atoms with Crippen molar-refractivity contribution < 1.29 is 4.79 Å². The van der Waals surface area contributed by atoms with Crippen LogP contribution in [0.15, 0.2) is 30.9 Å². The molecule has 0 unspecified atom stereocenters. The lowest BCUT2D eigenvalue weighted by Crippen LogP contribution is -2.41. The highest BCUT2D eigenvalue weighted by atomic mass is 16.2. The summed E-state index contributed by atoms with van der Waals surface area (Å²) in [6.45, 7) is 8.83. The first-order valence-corrected chi connectivity index (χ1v) is 9.37. The predicted octanol–water partition coefficient (Wildman–Crippen LogP) is 3.84. The number of nitrogens with one attached hydrogen (secondary N) is 1. The molecule has 0 bridgehead atoms. The minimum Gasteiger partial charge on any atom is -0.350 e. The van der Waals surface area contributed by atoms with E-state index < -0.39 is 0 Å². The Bertz CT molecular complexity index is 939. The molecule has 3 heterocycles. The second-order valence-electron chi connectivity index (χ2n) is 7.65. The van der Waals surface area contributed by atoms with Crippen molar-refractivity contribution in [2.24, 2.45) is 5.92 Å². The summed E-state index contributed by atoms with van der Waals surface area (Å²) in [5, 5.41) is 1.16. The Kier molecular flexibility index (Phi) is 4.31. The zero-order valence-electron chi connectivity index (χ0n) is 15.7. The van der Waals surface area contributed by atoms with E-state index in [1.54, 1.807) is 0 Å². The van der Waals surface area contributed by atoms with E-state index in [1.165, 1.54) is 11.1 Å². The number of piperidine rings is 1. The number of hydrogen-bond acceptors (Lipinski definition) is 2. The average molecular weight is 350 g/mol. The molecule has 0 radical (unpaired) electrons. The van der Waals surface area contributed by atoms with E-state index in [0.717, 1.165) is 54.6 Å². The van der Waals surface area contributed by atoms with Crippen LogP contribution in [0.1, 0.15) is 40.0 Å². The third-order valence-corrected chi connectivity index (χ3v) is 5.56. The average Bonchev–Trinajstić information content (AvgIpc) is 3.23. The molecule has 26 heavy (non-hydrogen) atoms. The number of H-pyrrole nitrogens is 1. The molecule has 2 aromatic heterocycles. The smallest absolute Gasteiger partial charge is 0.270 e. The van der Waals surface area contributed by atoms with Gasteiger partial charge in [0.25, 0.3) is 5.91 Å². The number of rotatable bonds is 3. The van der Waals surface area contributed by atoms with Crippen LogP contribution >= 0.6 is 0 Å². The molecule has 1 amide bonds. The number of benzene rings is 1. The van der Waals surface area contributed by atoms with Crippen LogP contribution in [0.25, 0.3) is 10.9 Å². The molecule has 1 aromatic carbocycles. The normalized spacial score (nSPS) is 17.8. The number of hydrogen-bond donors (Lipinski definition) is 1. The van der Waals surface area contributed by atoms with Crippen LogP contribution in [0.2, 0.25) is 0 Å². The fourth-order valence-electron chi connectivity index (χ4n) is 4.25. The summed E-state index contributed by atoms with van der Waals surface area (Å²) in [5.74, 6) is 0.613. The van der Waals surface area contributed by atoms with Crippen LogP contribution < -0.4 is 0 Å². The van der Waals surface area contributed by atoms with Gasteiger partial charge in [0.15, 0.2) is 0 Å². The Morgan fingerprint density at radius 1 is 1.31 bits per heavy atom. The minimum absolute atomic E-state index is 0.131. The summed E-state index contributed by atoms with van der Waals surface area (Å²) in [5.41, 5.74) is 5.32. The Labute approximate surface area is 154 Å². The lowest BCUT2D eigenvalue weighted by Gasteiger charge is -2.32. The number of amides is 1. The molecule has 1 N–H and O–H groups in total. The zero-order chi connectivity index (χ0) is 18.3. The second-order valence-corrected chi connectivity index (χ2v) is 7.65. The van der Waals surface area contributed by atoms with Gasteiger partial charge in [-0.1, -0.05) is 11.6 Å². The molecule has 1 atom stereocenters. The fraction of sp³-hybridized carbons (Fsp3) is 0.429. The fourth-order valence-corrected chi connectivity index (χ4v) is 4.25. The molecule has 3 aromatic rings. The van der Waals surface area contributed by atoms with Gasteiger partial charge in [-0.05, 0) is 56.7 Å². The van der Waals surface area contributed by atoms with Gasteiger partial charge in [-0.3, -0.25) is 4.79 Å². The second kappa shape index (κ2) is 6.63. The molecule has 1 fully saturated rings. The molecule has 1 aliphatic rings. The Morgan fingerprint density at radius 2 is 2.15 bits per heavy atom. The van der Waals surface area contributed by atoms with Gasteiger partial charge in [0.05, 0.1) is 6.33 Å². The van der Waals surface area contributed by atoms with E-state index in [9.17, 15) is 4.79 Å². The number of imidazole rings is 1. The molecule has 5 nitrogen and oxygen atoms in total. The summed E-state index contributed by atoms with van der Waals surface area (Å²) in [4.78, 5) is 22.8. The molecule has 1 aliphatic heterocycles. The van der Waals surface area contributed by atoms with E-state index in [0.29, 0.717) is 5.92 Å². The Balaban J connectivity index is 1.58. The molecule has 136 valence electrons. The first-order valence-electron chi connectivity index (χ1n) is 9.37. The van der Waals surface area contributed by atoms with Crippen molar-refractivity contribution in [2.45, 2.75) is 40.2 Å². The van der Waals surface area contributed by atoms with Crippen molar-refractivity contribution in [1.82, 2.24) is 19.4 Å². The first kappa shape index (κ1) is 16.9. The molecule has 5 heteroatoms. The van der Waals surface area contributed by atoms with E-state index in [2.05, 4.69) is 47.4 Å². The van der Waals surface area contributed by atoms with Crippen molar-refractivity contribution in [1.29, 1.82) is 0 Å². The maximum atomic E-state index is 13.2. The van der Waals surface area contributed by atoms with Gasteiger partial charge in [-0.15, -0.1) is 0 Å². The number of nitrogens with zero attached hydrogens (tertiary/aromatic N) is 3. The third kappa shape index (κ3) is 3.02. The van der Waals surface area contributed by atoms with E-state index in [1.807, 2.05) is 23.6 Å². The summed E-state index contributed by atoms with van der Waals surface area (Å²) >= 11 is 0. The van der Waals surface area contributed by atoms with Crippen molar-refractivity contribution in [2.75, 3.05) is 13.1 Å². The monoisotopic (exact) mass is 350 g/mol. The van der Waals surface area contributed by atoms with Gasteiger partial charge in [-0.25, -0.2) is 4.98 Å². The Morgan fingerprint density at radius 3 is 2.92 bits per heavy atom. The molecule has 1 saturated heterocycles. The minimum atomic E-state index is 0.131. The van der Waals surface area contributed by atoms with Crippen molar-refractivity contribution in [3.05, 3.63) is 53.2 Å². The Hall–Kier alpha value is -2.56. The number of aromatic nitrogens is 3. The largest absolute Gasteiger partial charge is 0.350 e. The van der Waals surface area contributed by atoms with Gasteiger partial charge in [-0.2, -0.15) is 0 Å². The zero-order valence-corrected chi connectivity index (χ0v) is 15.7. The number of aromatic amines is 1. The highest BCUT2D eigenvalue weighted by Gasteiger charge is 2.27. The maximum Gasteiger partial charge on any atom is 0.270 e. The van der Waals surface area contributed by atoms with E-state index in [-0.39, 0.29) is 5.91 Å². The molecule has 0 saturated carbocycles. The number of carbonyl (C=O) groups is 1. The number of aryl methyl sites for hydroxylation is 3. The summed E-state index contributed by atoms with van der Waals surface area (Å²) in [7, 11) is 0. The first-order chi connectivity index (χ1) is 12.5. The molecule has 4 rings (SSSR count). The van der Waals surface area contributed by atoms with Gasteiger partial charge < -0.3 is 14.5 Å². The SMILES string of the molecule is Cc1cc(C)c2[nH]c(C(=O)N3CCC[C@H](Cn4ccnc4)C3)c(C)c2c1. The highest BCUT2D eigenvalue weighted by Crippen LogP contribution is 2.28. The summed E-state index contributed by atoms with van der Waals surface area (Å²) in [6, 6.07) is 4.33. The van der Waals surface area contributed by atoms with E-state index >= 15 is 0 Å². The van der Waals surface area contributed by atoms with Gasteiger partial charge in [0, 0.05) is 42.9 Å². The number of fused-ring (bicyclic) bond motifs is 1. The standard InChI is InChI=1S/C21H26N4O/c1-14-9-15(2)19-18(10-14)16(3)20(23-19)21(26)25-7-4-5-17(12-25)11-24-8-6-22-13-24/h6,8-10,13,17,23H,4-5,7,11-12H2,1-3H3/t17-/m1/s1.